The molecule has 0 bridgehead atoms. The summed E-state index contributed by atoms with van der Waals surface area (Å²) in [6.45, 7) is 3.02. The summed E-state index contributed by atoms with van der Waals surface area (Å²) in [6.07, 6.45) is 1.58. The second kappa shape index (κ2) is 5.96. The molecule has 1 rings (SSSR count). The molecule has 0 aromatic heterocycles. The molecule has 0 fully saturated rings. The van der Waals surface area contributed by atoms with Gasteiger partial charge in [-0.3, -0.25) is 9.00 Å². The molecule has 3 nitrogen and oxygen atoms in total. The molecule has 1 atom stereocenters. The number of benzene rings is 1. The van der Waals surface area contributed by atoms with Crippen molar-refractivity contribution in [3.8, 4) is 0 Å². The summed E-state index contributed by atoms with van der Waals surface area (Å²) in [5.74, 6) is -0.579. The SMILES string of the molecule is CC(C)(C(=O)O)S(=O)CCCc1ccccc1. The van der Waals surface area contributed by atoms with E-state index < -0.39 is 21.5 Å². The van der Waals surface area contributed by atoms with E-state index >= 15 is 0 Å². The van der Waals surface area contributed by atoms with Crippen LogP contribution in [-0.2, 0) is 22.0 Å². The van der Waals surface area contributed by atoms with Gasteiger partial charge in [0, 0.05) is 16.6 Å². The minimum Gasteiger partial charge on any atom is -0.480 e. The van der Waals surface area contributed by atoms with Gasteiger partial charge in [-0.1, -0.05) is 30.3 Å². The highest BCUT2D eigenvalue weighted by molar-refractivity contribution is 7.87. The Hall–Kier alpha value is -1.16. The molecule has 0 spiro atoms. The van der Waals surface area contributed by atoms with Crippen LogP contribution in [0.3, 0.4) is 0 Å². The molecular formula is C13H18O3S. The number of rotatable bonds is 6. The van der Waals surface area contributed by atoms with Gasteiger partial charge in [-0.05, 0) is 32.3 Å². The van der Waals surface area contributed by atoms with Crippen molar-refractivity contribution >= 4 is 16.8 Å². The molecule has 1 N–H and O–H groups in total. The topological polar surface area (TPSA) is 54.4 Å². The molecule has 1 aromatic rings. The Morgan fingerprint density at radius 3 is 2.41 bits per heavy atom. The molecule has 0 saturated heterocycles. The van der Waals surface area contributed by atoms with Gasteiger partial charge in [0.1, 0.15) is 4.75 Å². The Morgan fingerprint density at radius 2 is 1.88 bits per heavy atom. The predicted octanol–water partition coefficient (Wildman–Crippen LogP) is 2.23. The number of carboxylic acid groups (broad SMARTS) is 1. The third kappa shape index (κ3) is 3.97. The van der Waals surface area contributed by atoms with Gasteiger partial charge in [0.25, 0.3) is 0 Å². The lowest BCUT2D eigenvalue weighted by Crippen LogP contribution is -2.37. The summed E-state index contributed by atoms with van der Waals surface area (Å²) >= 11 is 0. The number of carbonyl (C=O) groups is 1. The number of aliphatic carboxylic acids is 1. The summed E-state index contributed by atoms with van der Waals surface area (Å²) < 4.78 is 10.7. The van der Waals surface area contributed by atoms with Crippen LogP contribution in [0.5, 0.6) is 0 Å². The molecule has 0 aliphatic heterocycles. The van der Waals surface area contributed by atoms with Crippen molar-refractivity contribution in [3.63, 3.8) is 0 Å². The normalized spacial score (nSPS) is 13.3. The van der Waals surface area contributed by atoms with Gasteiger partial charge in [0.05, 0.1) is 0 Å². The summed E-state index contributed by atoms with van der Waals surface area (Å²) in [6, 6.07) is 9.92. The van der Waals surface area contributed by atoms with E-state index in [0.717, 1.165) is 12.8 Å². The standard InChI is InChI=1S/C13H18O3S/c1-13(2,12(14)15)17(16)10-6-9-11-7-4-3-5-8-11/h3-5,7-8H,6,9-10H2,1-2H3,(H,14,15). The van der Waals surface area contributed by atoms with Crippen molar-refractivity contribution in [2.45, 2.75) is 31.4 Å². The largest absolute Gasteiger partial charge is 0.480 e. The second-order valence-corrected chi connectivity index (χ2v) is 6.57. The molecule has 0 aliphatic rings. The minimum atomic E-state index is -1.33. The van der Waals surface area contributed by atoms with Gasteiger partial charge >= 0.3 is 5.97 Å². The van der Waals surface area contributed by atoms with E-state index in [-0.39, 0.29) is 0 Å². The maximum absolute atomic E-state index is 11.8. The maximum atomic E-state index is 11.8. The van der Waals surface area contributed by atoms with E-state index in [2.05, 4.69) is 0 Å². The quantitative estimate of drug-likeness (QED) is 0.847. The number of carboxylic acids is 1. The molecule has 0 aliphatic carbocycles. The lowest BCUT2D eigenvalue weighted by Gasteiger charge is -2.18. The van der Waals surface area contributed by atoms with Crippen molar-refractivity contribution in [2.75, 3.05) is 5.75 Å². The van der Waals surface area contributed by atoms with Crippen molar-refractivity contribution in [1.29, 1.82) is 0 Å². The lowest BCUT2D eigenvalue weighted by atomic mass is 10.1. The van der Waals surface area contributed by atoms with Gasteiger partial charge in [0.15, 0.2) is 0 Å². The highest BCUT2D eigenvalue weighted by Crippen LogP contribution is 2.15. The van der Waals surface area contributed by atoms with Crippen LogP contribution >= 0.6 is 0 Å². The molecule has 1 unspecified atom stereocenters. The average Bonchev–Trinajstić information content (AvgIpc) is 2.30. The van der Waals surface area contributed by atoms with Crippen molar-refractivity contribution in [3.05, 3.63) is 35.9 Å². The maximum Gasteiger partial charge on any atom is 0.321 e. The highest BCUT2D eigenvalue weighted by atomic mass is 32.2. The Balaban J connectivity index is 2.42. The van der Waals surface area contributed by atoms with E-state index in [1.165, 1.54) is 19.4 Å². The third-order valence-corrected chi connectivity index (χ3v) is 4.69. The third-order valence-electron chi connectivity index (χ3n) is 2.72. The Labute approximate surface area is 104 Å². The Kier molecular flexibility index (Phi) is 4.87. The first-order chi connectivity index (χ1) is 7.94. The van der Waals surface area contributed by atoms with E-state index in [1.54, 1.807) is 0 Å². The molecule has 0 amide bonds. The summed E-state index contributed by atoms with van der Waals surface area (Å²) in [5.41, 5.74) is 1.19. The van der Waals surface area contributed by atoms with Gasteiger partial charge in [-0.2, -0.15) is 0 Å². The molecule has 94 valence electrons. The van der Waals surface area contributed by atoms with Crippen LogP contribution < -0.4 is 0 Å². The summed E-state index contributed by atoms with van der Waals surface area (Å²) in [5, 5.41) is 8.93. The first kappa shape index (κ1) is 13.9. The first-order valence-electron chi connectivity index (χ1n) is 5.60. The fraction of sp³-hybridized carbons (Fsp3) is 0.462. The van der Waals surface area contributed by atoms with Crippen LogP contribution in [0, 0.1) is 0 Å². The van der Waals surface area contributed by atoms with Crippen LogP contribution in [0.15, 0.2) is 30.3 Å². The minimum absolute atomic E-state index is 0.425. The zero-order valence-corrected chi connectivity index (χ0v) is 11.0. The first-order valence-corrected chi connectivity index (χ1v) is 6.92. The lowest BCUT2D eigenvalue weighted by molar-refractivity contribution is -0.139. The fourth-order valence-corrected chi connectivity index (χ4v) is 2.52. The fourth-order valence-electron chi connectivity index (χ4n) is 1.40. The van der Waals surface area contributed by atoms with E-state index in [1.807, 2.05) is 30.3 Å². The van der Waals surface area contributed by atoms with Crippen molar-refractivity contribution in [2.24, 2.45) is 0 Å². The molecule has 0 saturated carbocycles. The number of hydrogen-bond donors (Lipinski definition) is 1. The van der Waals surface area contributed by atoms with Crippen LogP contribution in [-0.4, -0.2) is 25.8 Å². The predicted molar refractivity (Wildman–Crippen MR) is 69.5 cm³/mol. The van der Waals surface area contributed by atoms with Crippen LogP contribution in [0.25, 0.3) is 0 Å². The zero-order chi connectivity index (χ0) is 12.9. The number of aryl methyl sites for hydroxylation is 1. The smallest absolute Gasteiger partial charge is 0.321 e. The van der Waals surface area contributed by atoms with E-state index in [0.29, 0.717) is 5.75 Å². The van der Waals surface area contributed by atoms with E-state index in [9.17, 15) is 9.00 Å². The van der Waals surface area contributed by atoms with Gasteiger partial charge in [-0.25, -0.2) is 0 Å². The molecule has 0 heterocycles. The molecule has 1 aromatic carbocycles. The van der Waals surface area contributed by atoms with Crippen LogP contribution in [0.4, 0.5) is 0 Å². The summed E-state index contributed by atoms with van der Waals surface area (Å²) in [4.78, 5) is 10.9. The molecule has 17 heavy (non-hydrogen) atoms. The average molecular weight is 254 g/mol. The number of hydrogen-bond acceptors (Lipinski definition) is 2. The zero-order valence-electron chi connectivity index (χ0n) is 10.2. The Morgan fingerprint density at radius 1 is 1.29 bits per heavy atom. The van der Waals surface area contributed by atoms with Gasteiger partial charge < -0.3 is 5.11 Å². The van der Waals surface area contributed by atoms with Crippen LogP contribution in [0.2, 0.25) is 0 Å². The Bertz CT molecular complexity index is 398. The van der Waals surface area contributed by atoms with Gasteiger partial charge in [-0.15, -0.1) is 0 Å². The molecule has 4 heteroatoms. The van der Waals surface area contributed by atoms with Crippen molar-refractivity contribution in [1.82, 2.24) is 0 Å². The molecule has 0 radical (unpaired) electrons. The summed E-state index contributed by atoms with van der Waals surface area (Å²) in [7, 11) is -1.33. The molecular weight excluding hydrogens is 236 g/mol. The second-order valence-electron chi connectivity index (χ2n) is 4.45. The highest BCUT2D eigenvalue weighted by Gasteiger charge is 2.33. The van der Waals surface area contributed by atoms with Crippen molar-refractivity contribution < 1.29 is 14.1 Å². The van der Waals surface area contributed by atoms with E-state index in [4.69, 9.17) is 5.11 Å². The monoisotopic (exact) mass is 254 g/mol. The van der Waals surface area contributed by atoms with Crippen LogP contribution in [0.1, 0.15) is 25.8 Å². The van der Waals surface area contributed by atoms with Gasteiger partial charge in [0.2, 0.25) is 0 Å².